The van der Waals surface area contributed by atoms with Gasteiger partial charge in [-0.1, -0.05) is 41.7 Å². The van der Waals surface area contributed by atoms with Gasteiger partial charge in [-0.05, 0) is 55.2 Å². The van der Waals surface area contributed by atoms with Gasteiger partial charge in [0.25, 0.3) is 0 Å². The second-order valence-corrected chi connectivity index (χ2v) is 10.6. The highest BCUT2D eigenvalue weighted by molar-refractivity contribution is 7.91. The first kappa shape index (κ1) is 20.7. The molecule has 0 saturated carbocycles. The molecule has 8 heteroatoms. The number of pyridine rings is 1. The summed E-state index contributed by atoms with van der Waals surface area (Å²) in [6, 6.07) is 9.67. The Bertz CT molecular complexity index is 1170. The maximum Gasteiger partial charge on any atom is 0.210 e. The van der Waals surface area contributed by atoms with E-state index >= 15 is 0 Å². The van der Waals surface area contributed by atoms with Crippen LogP contribution < -0.4 is 4.90 Å². The molecule has 0 amide bonds. The standard InChI is InChI=1S/C21H19Cl3N2O2S/c1-13-4-6-26(7-5-13)21-18-11-14(22)2-3-19(18)25-12-20(21)29(27,28)17-9-15(23)8-16(24)10-17/h2-3,8-13H,4-7H2,1H3. The fourth-order valence-corrected chi connectivity index (χ4v) is 6.03. The molecule has 0 N–H and O–H groups in total. The summed E-state index contributed by atoms with van der Waals surface area (Å²) < 4.78 is 27.2. The normalized spacial score (nSPS) is 15.8. The summed E-state index contributed by atoms with van der Waals surface area (Å²) in [6.07, 6.45) is 3.41. The van der Waals surface area contributed by atoms with Crippen LogP contribution in [0.25, 0.3) is 10.9 Å². The zero-order valence-corrected chi connectivity index (χ0v) is 18.8. The Labute approximate surface area is 185 Å². The maximum atomic E-state index is 13.6. The average Bonchev–Trinajstić information content (AvgIpc) is 2.67. The van der Waals surface area contributed by atoms with E-state index in [-0.39, 0.29) is 19.8 Å². The zero-order valence-electron chi connectivity index (χ0n) is 15.7. The van der Waals surface area contributed by atoms with Crippen LogP contribution in [0.2, 0.25) is 15.1 Å². The smallest absolute Gasteiger partial charge is 0.210 e. The first-order chi connectivity index (χ1) is 13.8. The van der Waals surface area contributed by atoms with Crippen LogP contribution in [0, 0.1) is 5.92 Å². The van der Waals surface area contributed by atoms with Crippen LogP contribution in [-0.2, 0) is 9.84 Å². The van der Waals surface area contributed by atoms with Crippen molar-refractivity contribution in [3.05, 3.63) is 57.7 Å². The second-order valence-electron chi connectivity index (χ2n) is 7.41. The van der Waals surface area contributed by atoms with E-state index in [2.05, 4.69) is 16.8 Å². The van der Waals surface area contributed by atoms with Crippen molar-refractivity contribution in [3.63, 3.8) is 0 Å². The second kappa shape index (κ2) is 7.95. The number of aromatic nitrogens is 1. The molecule has 0 radical (unpaired) electrons. The van der Waals surface area contributed by atoms with E-state index in [1.165, 1.54) is 24.4 Å². The molecule has 1 fully saturated rings. The van der Waals surface area contributed by atoms with Crippen molar-refractivity contribution in [2.45, 2.75) is 29.6 Å². The van der Waals surface area contributed by atoms with Crippen molar-refractivity contribution < 1.29 is 8.42 Å². The summed E-state index contributed by atoms with van der Waals surface area (Å²) in [4.78, 5) is 6.71. The number of fused-ring (bicyclic) bond motifs is 1. The van der Waals surface area contributed by atoms with Crippen LogP contribution in [0.5, 0.6) is 0 Å². The molecule has 29 heavy (non-hydrogen) atoms. The molecule has 152 valence electrons. The van der Waals surface area contributed by atoms with Gasteiger partial charge in [0.2, 0.25) is 9.84 Å². The van der Waals surface area contributed by atoms with Gasteiger partial charge in [-0.25, -0.2) is 8.42 Å². The van der Waals surface area contributed by atoms with Crippen LogP contribution in [0.15, 0.2) is 52.4 Å². The molecule has 2 heterocycles. The third-order valence-electron chi connectivity index (χ3n) is 5.30. The number of piperidine rings is 1. The monoisotopic (exact) mass is 468 g/mol. The maximum absolute atomic E-state index is 13.6. The lowest BCUT2D eigenvalue weighted by molar-refractivity contribution is 0.437. The van der Waals surface area contributed by atoms with Gasteiger partial charge in [-0.15, -0.1) is 0 Å². The molecule has 3 aromatic rings. The molecule has 1 aliphatic heterocycles. The van der Waals surface area contributed by atoms with Crippen LogP contribution in [-0.4, -0.2) is 26.5 Å². The first-order valence-corrected chi connectivity index (χ1v) is 11.9. The Kier molecular flexibility index (Phi) is 5.68. The van der Waals surface area contributed by atoms with Gasteiger partial charge < -0.3 is 4.90 Å². The van der Waals surface area contributed by atoms with Crippen molar-refractivity contribution in [2.75, 3.05) is 18.0 Å². The van der Waals surface area contributed by atoms with Gasteiger partial charge in [0, 0.05) is 39.7 Å². The lowest BCUT2D eigenvalue weighted by atomic mass is 9.98. The van der Waals surface area contributed by atoms with E-state index in [1.807, 2.05) is 0 Å². The Balaban J connectivity index is 1.97. The van der Waals surface area contributed by atoms with Gasteiger partial charge in [-0.3, -0.25) is 4.98 Å². The summed E-state index contributed by atoms with van der Waals surface area (Å²) in [5.74, 6) is 0.606. The van der Waals surface area contributed by atoms with Crippen LogP contribution in [0.4, 0.5) is 5.69 Å². The van der Waals surface area contributed by atoms with E-state index < -0.39 is 9.84 Å². The molecule has 0 aliphatic carbocycles. The third-order valence-corrected chi connectivity index (χ3v) is 7.71. The Morgan fingerprint density at radius 3 is 2.28 bits per heavy atom. The highest BCUT2D eigenvalue weighted by Gasteiger charge is 2.29. The molecule has 4 rings (SSSR count). The highest BCUT2D eigenvalue weighted by Crippen LogP contribution is 2.39. The number of halogens is 3. The molecule has 1 aliphatic rings. The van der Waals surface area contributed by atoms with Crippen molar-refractivity contribution in [3.8, 4) is 0 Å². The minimum absolute atomic E-state index is 0.0461. The van der Waals surface area contributed by atoms with Gasteiger partial charge in [-0.2, -0.15) is 0 Å². The number of nitrogens with zero attached hydrogens (tertiary/aromatic N) is 2. The van der Waals surface area contributed by atoms with Crippen LogP contribution in [0.1, 0.15) is 19.8 Å². The number of anilines is 1. The molecule has 1 saturated heterocycles. The van der Waals surface area contributed by atoms with Gasteiger partial charge in [0.15, 0.2) is 0 Å². The summed E-state index contributed by atoms with van der Waals surface area (Å²) in [5, 5.41) is 1.79. The Morgan fingerprint density at radius 1 is 0.966 bits per heavy atom. The summed E-state index contributed by atoms with van der Waals surface area (Å²) in [7, 11) is -3.90. The molecular weight excluding hydrogens is 451 g/mol. The molecule has 2 aromatic carbocycles. The fraction of sp³-hybridized carbons (Fsp3) is 0.286. The van der Waals surface area contributed by atoms with Crippen molar-refractivity contribution in [2.24, 2.45) is 5.92 Å². The number of rotatable bonds is 3. The van der Waals surface area contributed by atoms with E-state index in [1.54, 1.807) is 18.2 Å². The average molecular weight is 470 g/mol. The van der Waals surface area contributed by atoms with E-state index in [0.29, 0.717) is 22.1 Å². The minimum Gasteiger partial charge on any atom is -0.370 e. The Hall–Kier alpha value is -1.53. The molecule has 0 bridgehead atoms. The minimum atomic E-state index is -3.90. The predicted molar refractivity (Wildman–Crippen MR) is 119 cm³/mol. The molecular formula is C21H19Cl3N2O2S. The van der Waals surface area contributed by atoms with Gasteiger partial charge in [0.1, 0.15) is 4.90 Å². The lowest BCUT2D eigenvalue weighted by Gasteiger charge is -2.34. The van der Waals surface area contributed by atoms with Gasteiger partial charge in [0.05, 0.1) is 16.1 Å². The van der Waals surface area contributed by atoms with Gasteiger partial charge >= 0.3 is 0 Å². The van der Waals surface area contributed by atoms with Crippen molar-refractivity contribution in [1.29, 1.82) is 0 Å². The fourth-order valence-electron chi connectivity index (χ4n) is 3.70. The zero-order chi connectivity index (χ0) is 20.8. The first-order valence-electron chi connectivity index (χ1n) is 9.30. The quantitative estimate of drug-likeness (QED) is 0.454. The van der Waals surface area contributed by atoms with Crippen LogP contribution in [0.3, 0.4) is 0 Å². The summed E-state index contributed by atoms with van der Waals surface area (Å²) in [6.45, 7) is 3.75. The topological polar surface area (TPSA) is 50.3 Å². The highest BCUT2D eigenvalue weighted by atomic mass is 35.5. The molecule has 0 unspecified atom stereocenters. The van der Waals surface area contributed by atoms with Crippen molar-refractivity contribution in [1.82, 2.24) is 4.98 Å². The number of hydrogen-bond acceptors (Lipinski definition) is 4. The van der Waals surface area contributed by atoms with Crippen LogP contribution >= 0.6 is 34.8 Å². The SMILES string of the molecule is CC1CCN(c2c(S(=O)(=O)c3cc(Cl)cc(Cl)c3)cnc3ccc(Cl)cc23)CC1. The van der Waals surface area contributed by atoms with E-state index in [9.17, 15) is 8.42 Å². The molecule has 0 atom stereocenters. The lowest BCUT2D eigenvalue weighted by Crippen LogP contribution is -2.34. The molecule has 1 aromatic heterocycles. The predicted octanol–water partition coefficient (Wildman–Crippen LogP) is 6.26. The van der Waals surface area contributed by atoms with E-state index in [4.69, 9.17) is 34.8 Å². The van der Waals surface area contributed by atoms with E-state index in [0.717, 1.165) is 31.3 Å². The Morgan fingerprint density at radius 2 is 1.62 bits per heavy atom. The summed E-state index contributed by atoms with van der Waals surface area (Å²) in [5.41, 5.74) is 1.34. The number of benzene rings is 2. The number of sulfone groups is 1. The van der Waals surface area contributed by atoms with Crippen molar-refractivity contribution >= 4 is 61.2 Å². The molecule has 4 nitrogen and oxygen atoms in total. The largest absolute Gasteiger partial charge is 0.370 e. The molecule has 0 spiro atoms. The summed E-state index contributed by atoms with van der Waals surface area (Å²) >= 11 is 18.4. The number of hydrogen-bond donors (Lipinski definition) is 0. The third kappa shape index (κ3) is 4.06.